The number of β-amino-alcohol motifs (C(OH)–C–C–N with tert-alkyl or cyclic N) is 1. The van der Waals surface area contributed by atoms with Crippen LogP contribution in [0.5, 0.6) is 0 Å². The fraction of sp³-hybridized carbons (Fsp3) is 0.444. The third kappa shape index (κ3) is 6.66. The SMILES string of the molecule is O=C1OCCC1=Cc1ccccc1CC[C@@H](O)CN1CCC(c2ccc(Cl)c(C(F)(F)F)c2)CC1. The van der Waals surface area contributed by atoms with E-state index in [1.807, 2.05) is 30.3 Å². The van der Waals surface area contributed by atoms with Gasteiger partial charge in [-0.2, -0.15) is 13.2 Å². The molecule has 2 saturated heterocycles. The third-order valence-corrected chi connectivity index (χ3v) is 7.15. The topological polar surface area (TPSA) is 49.8 Å². The highest BCUT2D eigenvalue weighted by atomic mass is 35.5. The standard InChI is InChI=1S/C27H29ClF3NO3/c28-25-8-6-21(16-24(25)27(29,30)31)19-9-12-32(13-10-19)17-23(33)7-5-18-3-1-2-4-20(18)15-22-11-14-35-26(22)34/h1-4,6,8,15-16,19,23,33H,5,7,9-14,17H2/t23-/m1/s1. The molecule has 35 heavy (non-hydrogen) atoms. The van der Waals surface area contributed by atoms with Gasteiger partial charge in [-0.25, -0.2) is 4.79 Å². The van der Waals surface area contributed by atoms with Crippen LogP contribution in [-0.4, -0.2) is 48.3 Å². The predicted molar refractivity (Wildman–Crippen MR) is 129 cm³/mol. The molecule has 2 aromatic carbocycles. The van der Waals surface area contributed by atoms with Crippen molar-refractivity contribution < 1.29 is 27.8 Å². The van der Waals surface area contributed by atoms with Crippen LogP contribution < -0.4 is 0 Å². The van der Waals surface area contributed by atoms with Gasteiger partial charge in [0.2, 0.25) is 0 Å². The number of rotatable bonds is 7. The Labute approximate surface area is 208 Å². The molecule has 2 fully saturated rings. The maximum absolute atomic E-state index is 13.2. The number of piperidine rings is 1. The van der Waals surface area contributed by atoms with Gasteiger partial charge in [-0.1, -0.05) is 41.9 Å². The van der Waals surface area contributed by atoms with E-state index in [0.717, 1.165) is 37.1 Å². The van der Waals surface area contributed by atoms with Crippen LogP contribution in [0.1, 0.15) is 53.9 Å². The molecule has 4 rings (SSSR count). The number of aryl methyl sites for hydroxylation is 1. The summed E-state index contributed by atoms with van der Waals surface area (Å²) in [5.41, 5.74) is 2.59. The molecule has 0 spiro atoms. The quantitative estimate of drug-likeness (QED) is 0.376. The van der Waals surface area contributed by atoms with Crippen molar-refractivity contribution in [1.82, 2.24) is 4.90 Å². The fourth-order valence-corrected chi connectivity index (χ4v) is 5.07. The summed E-state index contributed by atoms with van der Waals surface area (Å²) < 4.78 is 44.6. The van der Waals surface area contributed by atoms with Gasteiger partial charge >= 0.3 is 12.1 Å². The summed E-state index contributed by atoms with van der Waals surface area (Å²) in [7, 11) is 0. The minimum absolute atomic E-state index is 0.0453. The summed E-state index contributed by atoms with van der Waals surface area (Å²) in [6.45, 7) is 2.38. The van der Waals surface area contributed by atoms with Crippen LogP contribution in [-0.2, 0) is 22.1 Å². The monoisotopic (exact) mass is 507 g/mol. The van der Waals surface area contributed by atoms with E-state index >= 15 is 0 Å². The van der Waals surface area contributed by atoms with Gasteiger partial charge in [0.1, 0.15) is 0 Å². The highest BCUT2D eigenvalue weighted by molar-refractivity contribution is 6.31. The Hall–Kier alpha value is -2.35. The van der Waals surface area contributed by atoms with Crippen LogP contribution >= 0.6 is 11.6 Å². The summed E-state index contributed by atoms with van der Waals surface area (Å²) in [5.74, 6) is -0.222. The van der Waals surface area contributed by atoms with E-state index in [0.29, 0.717) is 43.6 Å². The summed E-state index contributed by atoms with van der Waals surface area (Å²) in [6, 6.07) is 12.0. The molecular formula is C27H29ClF3NO3. The van der Waals surface area contributed by atoms with E-state index in [9.17, 15) is 23.1 Å². The molecule has 0 bridgehead atoms. The van der Waals surface area contributed by atoms with Crippen LogP contribution in [0.25, 0.3) is 6.08 Å². The molecule has 0 radical (unpaired) electrons. The number of nitrogens with zero attached hydrogens (tertiary/aromatic N) is 1. The lowest BCUT2D eigenvalue weighted by atomic mass is 9.88. The molecule has 0 aliphatic carbocycles. The second-order valence-corrected chi connectivity index (χ2v) is 9.67. The molecule has 2 aliphatic rings. The second kappa shape index (κ2) is 11.1. The summed E-state index contributed by atoms with van der Waals surface area (Å²) in [6.07, 6.45) is 0.233. The van der Waals surface area contributed by atoms with Gasteiger partial charge < -0.3 is 14.7 Å². The molecule has 188 valence electrons. The van der Waals surface area contributed by atoms with E-state index in [1.54, 1.807) is 6.07 Å². The zero-order chi connectivity index (χ0) is 25.0. The first-order valence-corrected chi connectivity index (χ1v) is 12.3. The average Bonchev–Trinajstić information content (AvgIpc) is 3.23. The Morgan fingerprint density at radius 1 is 1.17 bits per heavy atom. The Morgan fingerprint density at radius 2 is 1.91 bits per heavy atom. The number of alkyl halides is 3. The zero-order valence-corrected chi connectivity index (χ0v) is 20.1. The maximum atomic E-state index is 13.2. The lowest BCUT2D eigenvalue weighted by Gasteiger charge is -2.33. The number of halogens is 4. The number of cyclic esters (lactones) is 1. The van der Waals surface area contributed by atoms with E-state index < -0.39 is 17.8 Å². The van der Waals surface area contributed by atoms with Crippen LogP contribution in [0.15, 0.2) is 48.0 Å². The molecule has 2 aliphatic heterocycles. The zero-order valence-electron chi connectivity index (χ0n) is 19.4. The molecule has 4 nitrogen and oxygen atoms in total. The second-order valence-electron chi connectivity index (χ2n) is 9.26. The number of carbonyl (C=O) groups excluding carboxylic acids is 1. The number of aliphatic hydroxyl groups excluding tert-OH is 1. The Morgan fingerprint density at radius 3 is 2.60 bits per heavy atom. The lowest BCUT2D eigenvalue weighted by molar-refractivity contribution is -0.137. The number of aliphatic hydroxyl groups is 1. The smallest absolute Gasteiger partial charge is 0.417 e. The van der Waals surface area contributed by atoms with Crippen molar-refractivity contribution in [1.29, 1.82) is 0 Å². The van der Waals surface area contributed by atoms with Crippen molar-refractivity contribution in [2.75, 3.05) is 26.2 Å². The Bertz CT molecular complexity index is 1080. The normalized spacial score (nSPS) is 19.8. The van der Waals surface area contributed by atoms with Crippen molar-refractivity contribution in [3.63, 3.8) is 0 Å². The first kappa shape index (κ1) is 25.7. The molecule has 8 heteroatoms. The third-order valence-electron chi connectivity index (χ3n) is 6.82. The summed E-state index contributed by atoms with van der Waals surface area (Å²) >= 11 is 5.75. The van der Waals surface area contributed by atoms with Gasteiger partial charge in [0, 0.05) is 18.5 Å². The lowest BCUT2D eigenvalue weighted by Crippen LogP contribution is -2.38. The maximum Gasteiger partial charge on any atom is 0.417 e. The summed E-state index contributed by atoms with van der Waals surface area (Å²) in [4.78, 5) is 13.9. The fourth-order valence-electron chi connectivity index (χ4n) is 4.84. The van der Waals surface area contributed by atoms with Gasteiger partial charge in [0.15, 0.2) is 0 Å². The molecule has 1 atom stereocenters. The van der Waals surface area contributed by atoms with Crippen molar-refractivity contribution in [3.05, 3.63) is 75.3 Å². The highest BCUT2D eigenvalue weighted by Crippen LogP contribution is 2.38. The van der Waals surface area contributed by atoms with E-state index in [4.69, 9.17) is 16.3 Å². The van der Waals surface area contributed by atoms with Gasteiger partial charge in [0.05, 0.1) is 23.3 Å². The average molecular weight is 508 g/mol. The van der Waals surface area contributed by atoms with E-state index in [2.05, 4.69) is 4.90 Å². The molecular weight excluding hydrogens is 479 g/mol. The van der Waals surface area contributed by atoms with Crippen molar-refractivity contribution in [2.45, 2.75) is 50.3 Å². The minimum atomic E-state index is -4.46. The van der Waals surface area contributed by atoms with Crippen molar-refractivity contribution in [2.24, 2.45) is 0 Å². The van der Waals surface area contributed by atoms with Crippen molar-refractivity contribution >= 4 is 23.6 Å². The molecule has 2 heterocycles. The molecule has 0 unspecified atom stereocenters. The molecule has 1 N–H and O–H groups in total. The van der Waals surface area contributed by atoms with Crippen molar-refractivity contribution in [3.8, 4) is 0 Å². The number of ether oxygens (including phenoxy) is 1. The molecule has 0 amide bonds. The Balaban J connectivity index is 1.28. The minimum Gasteiger partial charge on any atom is -0.462 e. The van der Waals surface area contributed by atoms with E-state index in [1.165, 1.54) is 12.1 Å². The predicted octanol–water partition coefficient (Wildman–Crippen LogP) is 5.86. The van der Waals surface area contributed by atoms with Gasteiger partial charge in [-0.15, -0.1) is 0 Å². The number of hydrogen-bond donors (Lipinski definition) is 1. The number of carbonyl (C=O) groups is 1. The largest absolute Gasteiger partial charge is 0.462 e. The molecule has 0 saturated carbocycles. The molecule has 2 aromatic rings. The van der Waals surface area contributed by atoms with Crippen LogP contribution in [0, 0.1) is 0 Å². The number of hydrogen-bond acceptors (Lipinski definition) is 4. The van der Waals surface area contributed by atoms with Gasteiger partial charge in [-0.05, 0) is 79.6 Å². The van der Waals surface area contributed by atoms with Crippen LogP contribution in [0.3, 0.4) is 0 Å². The molecule has 0 aromatic heterocycles. The number of esters is 1. The van der Waals surface area contributed by atoms with Crippen LogP contribution in [0.4, 0.5) is 13.2 Å². The number of likely N-dealkylation sites (tertiary alicyclic amines) is 1. The first-order valence-electron chi connectivity index (χ1n) is 11.9. The van der Waals surface area contributed by atoms with Gasteiger partial charge in [0.25, 0.3) is 0 Å². The van der Waals surface area contributed by atoms with E-state index in [-0.39, 0.29) is 16.9 Å². The summed E-state index contributed by atoms with van der Waals surface area (Å²) in [5, 5.41) is 10.4. The Kier molecular flexibility index (Phi) is 8.19. The van der Waals surface area contributed by atoms with Crippen LogP contribution in [0.2, 0.25) is 5.02 Å². The van der Waals surface area contributed by atoms with Gasteiger partial charge in [-0.3, -0.25) is 0 Å². The number of benzene rings is 2. The first-order chi connectivity index (χ1) is 16.7. The highest BCUT2D eigenvalue weighted by Gasteiger charge is 2.34.